The molecule has 0 aliphatic heterocycles. The predicted octanol–water partition coefficient (Wildman–Crippen LogP) is 7.21. The van der Waals surface area contributed by atoms with E-state index in [1.165, 1.54) is 22.7 Å². The predicted molar refractivity (Wildman–Crippen MR) is 192 cm³/mol. The Labute approximate surface area is 259 Å². The molecule has 5 heteroatoms. The Bertz CT molecular complexity index is 1390. The SMILES string of the molecule is CCOc1ccc(C(C)(c2ccccc2)c2ccc(OCCC[Si](C)(C)c3cc([SiH](C)C)cc([SiH](C)C)c3)cc2)cc1. The summed E-state index contributed by atoms with van der Waals surface area (Å²) in [5.74, 6) is 1.85. The molecule has 0 fully saturated rings. The van der Waals surface area contributed by atoms with Gasteiger partial charge in [0.15, 0.2) is 0 Å². The van der Waals surface area contributed by atoms with Gasteiger partial charge in [-0.1, -0.05) is 134 Å². The molecule has 0 heterocycles. The zero-order chi connectivity index (χ0) is 30.3. The average Bonchev–Trinajstić information content (AvgIpc) is 3.00. The summed E-state index contributed by atoms with van der Waals surface area (Å²) in [7, 11) is -3.18. The van der Waals surface area contributed by atoms with E-state index in [1.54, 1.807) is 15.6 Å². The molecule has 0 amide bonds. The number of hydrogen-bond donors (Lipinski definition) is 0. The van der Waals surface area contributed by atoms with Crippen molar-refractivity contribution in [2.24, 2.45) is 0 Å². The summed E-state index contributed by atoms with van der Waals surface area (Å²) in [5, 5.41) is 4.94. The van der Waals surface area contributed by atoms with Gasteiger partial charge in [-0.15, -0.1) is 0 Å². The normalized spacial score (nSPS) is 13.3. The number of ether oxygens (including phenoxy) is 2. The molecule has 0 radical (unpaired) electrons. The Morgan fingerprint density at radius 3 is 1.60 bits per heavy atom. The highest BCUT2D eigenvalue weighted by molar-refractivity contribution is 6.90. The molecule has 0 aliphatic rings. The van der Waals surface area contributed by atoms with Crippen molar-refractivity contribution >= 4 is 41.2 Å². The van der Waals surface area contributed by atoms with Crippen LogP contribution in [0.1, 0.15) is 37.0 Å². The highest BCUT2D eigenvalue weighted by atomic mass is 28.3. The first-order valence-electron chi connectivity index (χ1n) is 15.7. The van der Waals surface area contributed by atoms with E-state index in [0.29, 0.717) is 6.61 Å². The summed E-state index contributed by atoms with van der Waals surface area (Å²) in [4.78, 5) is 0. The van der Waals surface area contributed by atoms with Gasteiger partial charge in [0.25, 0.3) is 0 Å². The monoisotopic (exact) mass is 610 g/mol. The van der Waals surface area contributed by atoms with Crippen molar-refractivity contribution in [1.82, 2.24) is 0 Å². The topological polar surface area (TPSA) is 18.5 Å². The standard InChI is InChI=1S/C37H50O2Si3/c1-9-38-32-20-16-30(17-21-32)37(2,29-14-11-10-12-15-29)31-18-22-33(23-19-31)39-24-13-25-42(7,8)36-27-34(40(3)4)26-35(28-36)41(5)6/h10-12,14-23,26-28,40-41H,9,13,24-25H2,1-8H3. The Morgan fingerprint density at radius 2 is 1.12 bits per heavy atom. The third kappa shape index (κ3) is 7.55. The van der Waals surface area contributed by atoms with Crippen LogP contribution in [0.15, 0.2) is 97.1 Å². The third-order valence-electron chi connectivity index (χ3n) is 8.83. The molecular formula is C37H50O2Si3. The fraction of sp³-hybridized carbons (Fsp3) is 0.351. The lowest BCUT2D eigenvalue weighted by atomic mass is 9.71. The van der Waals surface area contributed by atoms with Gasteiger partial charge in [0.2, 0.25) is 0 Å². The molecule has 1 unspecified atom stereocenters. The Balaban J connectivity index is 1.45. The van der Waals surface area contributed by atoms with Crippen LogP contribution in [0, 0.1) is 0 Å². The van der Waals surface area contributed by atoms with Crippen molar-refractivity contribution in [3.63, 3.8) is 0 Å². The second kappa shape index (κ2) is 14.1. The summed E-state index contributed by atoms with van der Waals surface area (Å²) < 4.78 is 12.0. The van der Waals surface area contributed by atoms with Crippen LogP contribution in [0.5, 0.6) is 11.5 Å². The lowest BCUT2D eigenvalue weighted by Crippen LogP contribution is -2.47. The van der Waals surface area contributed by atoms with Gasteiger partial charge in [-0.05, 0) is 61.2 Å². The molecule has 4 rings (SSSR count). The summed E-state index contributed by atoms with van der Waals surface area (Å²) in [6.07, 6.45) is 1.09. The van der Waals surface area contributed by atoms with E-state index >= 15 is 0 Å². The fourth-order valence-corrected chi connectivity index (χ4v) is 10.8. The molecule has 0 spiro atoms. The summed E-state index contributed by atoms with van der Waals surface area (Å²) in [6.45, 7) is 20.7. The molecular weight excluding hydrogens is 561 g/mol. The minimum Gasteiger partial charge on any atom is -0.494 e. The molecule has 42 heavy (non-hydrogen) atoms. The van der Waals surface area contributed by atoms with Crippen molar-refractivity contribution in [3.05, 3.63) is 114 Å². The highest BCUT2D eigenvalue weighted by Gasteiger charge is 2.31. The lowest BCUT2D eigenvalue weighted by Gasteiger charge is -2.32. The smallest absolute Gasteiger partial charge is 0.119 e. The van der Waals surface area contributed by atoms with E-state index in [0.717, 1.165) is 24.5 Å². The van der Waals surface area contributed by atoms with Crippen molar-refractivity contribution in [2.45, 2.75) is 71.0 Å². The van der Waals surface area contributed by atoms with E-state index < -0.39 is 25.7 Å². The maximum Gasteiger partial charge on any atom is 0.119 e. The zero-order valence-corrected chi connectivity index (χ0v) is 30.3. The minimum atomic E-state index is -1.53. The summed E-state index contributed by atoms with van der Waals surface area (Å²) in [5.41, 5.74) is 3.47. The Kier molecular flexibility index (Phi) is 10.7. The first kappa shape index (κ1) is 32.1. The van der Waals surface area contributed by atoms with E-state index in [2.05, 4.69) is 143 Å². The van der Waals surface area contributed by atoms with Gasteiger partial charge in [0, 0.05) is 5.41 Å². The van der Waals surface area contributed by atoms with Crippen molar-refractivity contribution in [3.8, 4) is 11.5 Å². The molecule has 0 aromatic heterocycles. The molecule has 0 aliphatic carbocycles. The van der Waals surface area contributed by atoms with Crippen molar-refractivity contribution in [1.29, 1.82) is 0 Å². The molecule has 0 bridgehead atoms. The van der Waals surface area contributed by atoms with Crippen LogP contribution in [-0.4, -0.2) is 38.9 Å². The van der Waals surface area contributed by atoms with Crippen LogP contribution < -0.4 is 25.0 Å². The van der Waals surface area contributed by atoms with Crippen molar-refractivity contribution < 1.29 is 9.47 Å². The zero-order valence-electron chi connectivity index (χ0n) is 27.0. The molecule has 222 valence electrons. The molecule has 2 nitrogen and oxygen atoms in total. The third-order valence-corrected chi connectivity index (χ3v) is 15.6. The maximum absolute atomic E-state index is 6.30. The molecule has 4 aromatic carbocycles. The summed E-state index contributed by atoms with van der Waals surface area (Å²) in [6, 6.07) is 37.0. The second-order valence-electron chi connectivity index (χ2n) is 13.0. The van der Waals surface area contributed by atoms with E-state index in [4.69, 9.17) is 9.47 Å². The molecule has 4 aromatic rings. The minimum absolute atomic E-state index is 0.286. The number of hydrogen-bond acceptors (Lipinski definition) is 2. The maximum atomic E-state index is 6.30. The largest absolute Gasteiger partial charge is 0.494 e. The van der Waals surface area contributed by atoms with Crippen LogP contribution in [0.2, 0.25) is 45.3 Å². The summed E-state index contributed by atoms with van der Waals surface area (Å²) >= 11 is 0. The van der Waals surface area contributed by atoms with Crippen LogP contribution in [0.25, 0.3) is 0 Å². The highest BCUT2D eigenvalue weighted by Crippen LogP contribution is 2.40. The number of benzene rings is 4. The van der Waals surface area contributed by atoms with Crippen molar-refractivity contribution in [2.75, 3.05) is 13.2 Å². The van der Waals surface area contributed by atoms with E-state index in [1.807, 2.05) is 6.92 Å². The van der Waals surface area contributed by atoms with Gasteiger partial charge in [-0.2, -0.15) is 0 Å². The Hall–Kier alpha value is -2.87. The fourth-order valence-electron chi connectivity index (χ4n) is 5.79. The van der Waals surface area contributed by atoms with Crippen LogP contribution >= 0.6 is 0 Å². The molecule has 0 N–H and O–H groups in total. The van der Waals surface area contributed by atoms with Gasteiger partial charge in [-0.3, -0.25) is 0 Å². The van der Waals surface area contributed by atoms with Gasteiger partial charge in [0.05, 0.1) is 38.9 Å². The van der Waals surface area contributed by atoms with Gasteiger partial charge in [-0.25, -0.2) is 0 Å². The lowest BCUT2D eigenvalue weighted by molar-refractivity contribution is 0.316. The first-order chi connectivity index (χ1) is 20.0. The molecule has 0 saturated carbocycles. The van der Waals surface area contributed by atoms with Gasteiger partial charge < -0.3 is 9.47 Å². The van der Waals surface area contributed by atoms with Crippen LogP contribution in [0.4, 0.5) is 0 Å². The van der Waals surface area contributed by atoms with E-state index in [9.17, 15) is 0 Å². The van der Waals surface area contributed by atoms with Gasteiger partial charge in [0.1, 0.15) is 11.5 Å². The first-order valence-corrected chi connectivity index (χ1v) is 24.7. The van der Waals surface area contributed by atoms with Gasteiger partial charge >= 0.3 is 0 Å². The molecule has 1 atom stereocenters. The molecule has 0 saturated heterocycles. The Morgan fingerprint density at radius 1 is 0.643 bits per heavy atom. The van der Waals surface area contributed by atoms with Crippen LogP contribution in [-0.2, 0) is 5.41 Å². The quantitative estimate of drug-likeness (QED) is 0.0905. The average molecular weight is 611 g/mol. The second-order valence-corrected chi connectivity index (χ2v) is 23.8. The van der Waals surface area contributed by atoms with E-state index in [-0.39, 0.29) is 5.41 Å². The number of rotatable bonds is 13. The van der Waals surface area contributed by atoms with Crippen LogP contribution in [0.3, 0.4) is 0 Å².